The molecule has 0 atom stereocenters. The summed E-state index contributed by atoms with van der Waals surface area (Å²) in [4.78, 5) is 27.8. The van der Waals surface area contributed by atoms with E-state index in [1.54, 1.807) is 17.0 Å². The van der Waals surface area contributed by atoms with Crippen molar-refractivity contribution in [3.63, 3.8) is 0 Å². The third-order valence-electron chi connectivity index (χ3n) is 3.54. The van der Waals surface area contributed by atoms with E-state index in [0.29, 0.717) is 17.2 Å². The molecule has 0 unspecified atom stereocenters. The van der Waals surface area contributed by atoms with Gasteiger partial charge in [0.05, 0.1) is 11.4 Å². The summed E-state index contributed by atoms with van der Waals surface area (Å²) in [5, 5.41) is -0.235. The van der Waals surface area contributed by atoms with Crippen molar-refractivity contribution in [3.8, 4) is 0 Å². The predicted octanol–water partition coefficient (Wildman–Crippen LogP) is 4.37. The minimum atomic E-state index is -0.475. The number of nitrogens with zero attached hydrogens (tertiary/aromatic N) is 2. The van der Waals surface area contributed by atoms with Gasteiger partial charge in [-0.2, -0.15) is 0 Å². The number of rotatable bonds is 4. The molecule has 130 valence electrons. The van der Waals surface area contributed by atoms with Gasteiger partial charge in [0.25, 0.3) is 11.1 Å². The van der Waals surface area contributed by atoms with Crippen molar-refractivity contribution in [1.82, 2.24) is 4.90 Å². The topological polar surface area (TPSA) is 53.8 Å². The van der Waals surface area contributed by atoms with E-state index in [1.807, 2.05) is 14.1 Å². The van der Waals surface area contributed by atoms with Crippen molar-refractivity contribution in [2.45, 2.75) is 6.54 Å². The first-order valence-corrected chi connectivity index (χ1v) is 8.51. The van der Waals surface area contributed by atoms with Crippen LogP contribution in [0.1, 0.15) is 11.3 Å². The van der Waals surface area contributed by atoms with Gasteiger partial charge in [0.2, 0.25) is 0 Å². The maximum absolute atomic E-state index is 13.1. The van der Waals surface area contributed by atoms with Gasteiger partial charge in [0.15, 0.2) is 5.88 Å². The Labute approximate surface area is 153 Å². The van der Waals surface area contributed by atoms with Gasteiger partial charge in [-0.3, -0.25) is 14.5 Å². The van der Waals surface area contributed by atoms with Crippen LogP contribution < -0.4 is 4.90 Å². The molecule has 1 fully saturated rings. The van der Waals surface area contributed by atoms with Gasteiger partial charge in [0.1, 0.15) is 11.6 Å². The molecule has 5 nitrogen and oxygen atoms in total. The molecule has 0 bridgehead atoms. The summed E-state index contributed by atoms with van der Waals surface area (Å²) in [6.45, 7) is -0.0117. The van der Waals surface area contributed by atoms with E-state index in [4.69, 9.17) is 16.0 Å². The standard InChI is InChI=1S/C17H14ClFN2O3S/c1-20(2)15-6-5-12(24-15)8-14-16(22)21(17(23)25-14)9-10-3-4-11(19)7-13(10)18/h3-8H,9H2,1-2H3/b14-8-. The van der Waals surface area contributed by atoms with E-state index in [0.717, 1.165) is 22.7 Å². The number of carbonyl (C=O) groups is 2. The third-order valence-corrected chi connectivity index (χ3v) is 4.80. The zero-order valence-corrected chi connectivity index (χ0v) is 15.0. The highest BCUT2D eigenvalue weighted by molar-refractivity contribution is 8.18. The number of hydrogen-bond acceptors (Lipinski definition) is 5. The van der Waals surface area contributed by atoms with Crippen molar-refractivity contribution in [2.75, 3.05) is 19.0 Å². The van der Waals surface area contributed by atoms with Crippen LogP contribution >= 0.6 is 23.4 Å². The van der Waals surface area contributed by atoms with E-state index in [1.165, 1.54) is 18.2 Å². The normalized spacial score (nSPS) is 16.2. The summed E-state index contributed by atoms with van der Waals surface area (Å²) in [5.41, 5.74) is 0.500. The van der Waals surface area contributed by atoms with Crippen molar-refractivity contribution in [3.05, 3.63) is 57.4 Å². The molecule has 2 heterocycles. The summed E-state index contributed by atoms with van der Waals surface area (Å²) in [7, 11) is 3.67. The number of halogens is 2. The number of thioether (sulfide) groups is 1. The summed E-state index contributed by atoms with van der Waals surface area (Å²) >= 11 is 6.80. The lowest BCUT2D eigenvalue weighted by Crippen LogP contribution is -2.27. The van der Waals surface area contributed by atoms with E-state index in [2.05, 4.69) is 0 Å². The Morgan fingerprint density at radius 2 is 2.04 bits per heavy atom. The summed E-state index contributed by atoms with van der Waals surface area (Å²) in [6, 6.07) is 7.34. The van der Waals surface area contributed by atoms with Crippen LogP contribution in [-0.4, -0.2) is 30.1 Å². The van der Waals surface area contributed by atoms with Crippen LogP contribution in [0.25, 0.3) is 6.08 Å². The molecule has 0 aliphatic carbocycles. The minimum Gasteiger partial charge on any atom is -0.441 e. The Kier molecular flexibility index (Phi) is 4.87. The Balaban J connectivity index is 1.80. The van der Waals surface area contributed by atoms with Crippen LogP contribution in [0.4, 0.5) is 15.1 Å². The molecule has 1 aromatic heterocycles. The predicted molar refractivity (Wildman–Crippen MR) is 96.0 cm³/mol. The Bertz CT molecular complexity index is 879. The first kappa shape index (κ1) is 17.6. The van der Waals surface area contributed by atoms with Crippen LogP contribution in [0.2, 0.25) is 5.02 Å². The maximum Gasteiger partial charge on any atom is 0.293 e. The van der Waals surface area contributed by atoms with Crippen molar-refractivity contribution >= 4 is 46.5 Å². The summed E-state index contributed by atoms with van der Waals surface area (Å²) in [6.07, 6.45) is 1.53. The molecular weight excluding hydrogens is 367 g/mol. The van der Waals surface area contributed by atoms with Gasteiger partial charge < -0.3 is 9.32 Å². The number of amides is 2. The molecule has 1 aliphatic heterocycles. The van der Waals surface area contributed by atoms with Crippen molar-refractivity contribution < 1.29 is 18.4 Å². The molecule has 0 spiro atoms. The number of carbonyl (C=O) groups excluding carboxylic acids is 2. The van der Waals surface area contributed by atoms with Gasteiger partial charge >= 0.3 is 0 Å². The fourth-order valence-corrected chi connectivity index (χ4v) is 3.29. The van der Waals surface area contributed by atoms with Gasteiger partial charge in [0, 0.05) is 31.3 Å². The lowest BCUT2D eigenvalue weighted by molar-refractivity contribution is -0.123. The van der Waals surface area contributed by atoms with Gasteiger partial charge in [-0.15, -0.1) is 0 Å². The maximum atomic E-state index is 13.1. The number of anilines is 1. The molecule has 3 rings (SSSR count). The van der Waals surface area contributed by atoms with Crippen LogP contribution in [0.5, 0.6) is 0 Å². The first-order valence-electron chi connectivity index (χ1n) is 7.31. The molecule has 1 aromatic carbocycles. The zero-order chi connectivity index (χ0) is 18.1. The quantitative estimate of drug-likeness (QED) is 0.737. The lowest BCUT2D eigenvalue weighted by atomic mass is 10.2. The van der Waals surface area contributed by atoms with E-state index in [9.17, 15) is 14.0 Å². The molecule has 25 heavy (non-hydrogen) atoms. The highest BCUT2D eigenvalue weighted by atomic mass is 35.5. The Morgan fingerprint density at radius 1 is 1.28 bits per heavy atom. The van der Waals surface area contributed by atoms with Crippen molar-refractivity contribution in [1.29, 1.82) is 0 Å². The SMILES string of the molecule is CN(C)c1ccc(/C=C2\SC(=O)N(Cc3ccc(F)cc3Cl)C2=O)o1. The molecule has 1 aliphatic rings. The Hall–Kier alpha value is -2.25. The van der Waals surface area contributed by atoms with Crippen LogP contribution in [0.3, 0.4) is 0 Å². The van der Waals surface area contributed by atoms with Crippen LogP contribution in [0, 0.1) is 5.82 Å². The number of furan rings is 1. The van der Waals surface area contributed by atoms with Gasteiger partial charge in [-0.1, -0.05) is 17.7 Å². The molecule has 0 saturated carbocycles. The zero-order valence-electron chi connectivity index (χ0n) is 13.5. The second-order valence-corrected chi connectivity index (χ2v) is 6.97. The van der Waals surface area contributed by atoms with E-state index in [-0.39, 0.29) is 16.5 Å². The van der Waals surface area contributed by atoms with Gasteiger partial charge in [-0.05, 0) is 35.5 Å². The van der Waals surface area contributed by atoms with E-state index < -0.39 is 17.0 Å². The monoisotopic (exact) mass is 380 g/mol. The average molecular weight is 381 g/mol. The second kappa shape index (κ2) is 6.93. The van der Waals surface area contributed by atoms with Gasteiger partial charge in [-0.25, -0.2) is 4.39 Å². The second-order valence-electron chi connectivity index (χ2n) is 5.57. The smallest absolute Gasteiger partial charge is 0.293 e. The largest absolute Gasteiger partial charge is 0.441 e. The summed E-state index contributed by atoms with van der Waals surface area (Å²) < 4.78 is 18.7. The fourth-order valence-electron chi connectivity index (χ4n) is 2.25. The third kappa shape index (κ3) is 3.72. The van der Waals surface area contributed by atoms with E-state index >= 15 is 0 Å². The molecule has 8 heteroatoms. The highest BCUT2D eigenvalue weighted by Crippen LogP contribution is 2.34. The number of imide groups is 1. The molecule has 0 radical (unpaired) electrons. The summed E-state index contributed by atoms with van der Waals surface area (Å²) in [5.74, 6) is 0.216. The molecule has 2 aromatic rings. The molecule has 0 N–H and O–H groups in total. The van der Waals surface area contributed by atoms with Crippen LogP contribution in [-0.2, 0) is 11.3 Å². The Morgan fingerprint density at radius 3 is 2.68 bits per heavy atom. The lowest BCUT2D eigenvalue weighted by Gasteiger charge is -2.13. The molecule has 2 amide bonds. The highest BCUT2D eigenvalue weighted by Gasteiger charge is 2.35. The van der Waals surface area contributed by atoms with Crippen molar-refractivity contribution in [2.24, 2.45) is 0 Å². The fraction of sp³-hybridized carbons (Fsp3) is 0.176. The minimum absolute atomic E-state index is 0.0117. The number of hydrogen-bond donors (Lipinski definition) is 0. The molecule has 1 saturated heterocycles. The molecular formula is C17H14ClFN2O3S. The first-order chi connectivity index (χ1) is 11.8. The van der Waals surface area contributed by atoms with Crippen LogP contribution in [0.15, 0.2) is 39.7 Å². The average Bonchev–Trinajstić information content (AvgIpc) is 3.10. The number of benzene rings is 1.